The summed E-state index contributed by atoms with van der Waals surface area (Å²) >= 11 is 0. The molecule has 4 rings (SSSR count). The smallest absolute Gasteiger partial charge is 0.251 e. The molecule has 0 spiro atoms. The zero-order valence-corrected chi connectivity index (χ0v) is 17.5. The lowest BCUT2D eigenvalue weighted by Gasteiger charge is -2.31. The van der Waals surface area contributed by atoms with E-state index in [2.05, 4.69) is 15.3 Å². The minimum absolute atomic E-state index is 0.0122. The molecule has 31 heavy (non-hydrogen) atoms. The first-order chi connectivity index (χ1) is 15.1. The van der Waals surface area contributed by atoms with Crippen LogP contribution in [0.2, 0.25) is 0 Å². The van der Waals surface area contributed by atoms with Crippen LogP contribution in [0.3, 0.4) is 0 Å². The summed E-state index contributed by atoms with van der Waals surface area (Å²) in [6.07, 6.45) is 7.35. The first kappa shape index (κ1) is 20.7. The van der Waals surface area contributed by atoms with Crippen molar-refractivity contribution in [1.29, 1.82) is 0 Å². The molecule has 8 heteroatoms. The zero-order valence-electron chi connectivity index (χ0n) is 17.5. The number of rotatable bonds is 7. The number of nitrogens with zero attached hydrogens (tertiary/aromatic N) is 4. The monoisotopic (exact) mass is 419 g/mol. The molecule has 2 aromatic heterocycles. The van der Waals surface area contributed by atoms with Gasteiger partial charge in [0, 0.05) is 43.2 Å². The van der Waals surface area contributed by atoms with Gasteiger partial charge in [0.15, 0.2) is 6.29 Å². The van der Waals surface area contributed by atoms with E-state index in [1.807, 2.05) is 24.3 Å². The maximum Gasteiger partial charge on any atom is 0.251 e. The first-order valence-corrected chi connectivity index (χ1v) is 10.4. The Labute approximate surface area is 181 Å². The number of likely N-dealkylation sites (N-methyl/N-ethyl adjacent to an activating group) is 1. The summed E-state index contributed by atoms with van der Waals surface area (Å²) in [5, 5.41) is 2.76. The Morgan fingerprint density at radius 3 is 2.71 bits per heavy atom. The second-order valence-electron chi connectivity index (χ2n) is 7.85. The summed E-state index contributed by atoms with van der Waals surface area (Å²) < 4.78 is 0. The van der Waals surface area contributed by atoms with E-state index in [1.54, 1.807) is 35.3 Å². The average Bonchev–Trinajstić information content (AvgIpc) is 3.64. The Hall–Kier alpha value is -3.55. The van der Waals surface area contributed by atoms with Gasteiger partial charge in [-0.15, -0.1) is 0 Å². The summed E-state index contributed by atoms with van der Waals surface area (Å²) in [6.45, 7) is 0.541. The molecule has 0 aromatic carbocycles. The minimum Gasteiger partial charge on any atom is -0.359 e. The van der Waals surface area contributed by atoms with E-state index in [-0.39, 0.29) is 24.4 Å². The van der Waals surface area contributed by atoms with Gasteiger partial charge < -0.3 is 15.1 Å². The standard InChI is InChI=1S/C23H25N5O3/c1-27(17-8-9-17)23(31)18-5-4-12-28(20(18)15-29)14-22(30)26-21-10-7-16(13-25-21)19-6-2-3-11-24-19/h2-3,6-7,10-11,13,15,17H,4-5,8-9,12,14H2,1H3,(H,25,26,30). The van der Waals surface area contributed by atoms with Gasteiger partial charge >= 0.3 is 0 Å². The number of allylic oxidation sites excluding steroid dienone is 1. The molecule has 2 aliphatic rings. The Morgan fingerprint density at radius 1 is 1.23 bits per heavy atom. The fraction of sp³-hybridized carbons (Fsp3) is 0.348. The van der Waals surface area contributed by atoms with E-state index < -0.39 is 0 Å². The zero-order chi connectivity index (χ0) is 21.8. The molecule has 8 nitrogen and oxygen atoms in total. The maximum atomic E-state index is 12.8. The van der Waals surface area contributed by atoms with Crippen molar-refractivity contribution >= 4 is 23.9 Å². The minimum atomic E-state index is -0.290. The summed E-state index contributed by atoms with van der Waals surface area (Å²) in [6, 6.07) is 9.46. The number of aromatic nitrogens is 2. The summed E-state index contributed by atoms with van der Waals surface area (Å²) in [5.74, 6) is 0.0197. The number of anilines is 1. The molecule has 2 amide bonds. The van der Waals surface area contributed by atoms with Crippen molar-refractivity contribution in [2.45, 2.75) is 31.7 Å². The quantitative estimate of drug-likeness (QED) is 0.692. The third kappa shape index (κ3) is 4.79. The number of nitrogens with one attached hydrogen (secondary N) is 1. The van der Waals surface area contributed by atoms with E-state index in [0.29, 0.717) is 36.3 Å². The molecule has 1 aliphatic carbocycles. The highest BCUT2D eigenvalue weighted by Crippen LogP contribution is 2.29. The average molecular weight is 419 g/mol. The van der Waals surface area contributed by atoms with Gasteiger partial charge in [-0.1, -0.05) is 6.07 Å². The second-order valence-corrected chi connectivity index (χ2v) is 7.85. The van der Waals surface area contributed by atoms with E-state index >= 15 is 0 Å². The third-order valence-electron chi connectivity index (χ3n) is 5.62. The predicted octanol–water partition coefficient (Wildman–Crippen LogP) is 2.25. The van der Waals surface area contributed by atoms with Crippen molar-refractivity contribution in [2.75, 3.05) is 25.5 Å². The van der Waals surface area contributed by atoms with Gasteiger partial charge in [0.25, 0.3) is 5.91 Å². The number of carbonyl (C=O) groups is 3. The van der Waals surface area contributed by atoms with Crippen molar-refractivity contribution < 1.29 is 14.4 Å². The van der Waals surface area contributed by atoms with Gasteiger partial charge in [-0.3, -0.25) is 19.4 Å². The predicted molar refractivity (Wildman–Crippen MR) is 116 cm³/mol. The molecule has 1 N–H and O–H groups in total. The Balaban J connectivity index is 1.42. The Morgan fingerprint density at radius 2 is 2.06 bits per heavy atom. The number of hydrogen-bond donors (Lipinski definition) is 1. The molecule has 0 saturated heterocycles. The molecule has 0 atom stereocenters. The first-order valence-electron chi connectivity index (χ1n) is 10.4. The van der Waals surface area contributed by atoms with Crippen LogP contribution in [0.1, 0.15) is 25.7 Å². The van der Waals surface area contributed by atoms with Crippen LogP contribution in [0.4, 0.5) is 5.82 Å². The summed E-state index contributed by atoms with van der Waals surface area (Å²) in [4.78, 5) is 49.1. The molecule has 3 heterocycles. The van der Waals surface area contributed by atoms with Crippen LogP contribution >= 0.6 is 0 Å². The van der Waals surface area contributed by atoms with Crippen LogP contribution in [0.25, 0.3) is 11.3 Å². The van der Waals surface area contributed by atoms with Crippen LogP contribution in [0.5, 0.6) is 0 Å². The molecule has 160 valence electrons. The lowest BCUT2D eigenvalue weighted by Crippen LogP contribution is -2.40. The molecule has 0 unspecified atom stereocenters. The SMILES string of the molecule is CN(C(=O)C1=C(C=O)N(CC(=O)Nc2ccc(-c3ccccn3)cn2)CCC1)C1CC1. The van der Waals surface area contributed by atoms with Gasteiger partial charge in [-0.2, -0.15) is 0 Å². The van der Waals surface area contributed by atoms with Gasteiger partial charge in [-0.25, -0.2) is 4.98 Å². The molecule has 0 bridgehead atoms. The molecular weight excluding hydrogens is 394 g/mol. The highest BCUT2D eigenvalue weighted by atomic mass is 16.2. The lowest BCUT2D eigenvalue weighted by molar-refractivity contribution is -0.127. The number of carbonyl (C=O) groups excluding carboxylic acids is 3. The number of aldehydes is 1. The largest absolute Gasteiger partial charge is 0.359 e. The normalized spacial score (nSPS) is 16.1. The van der Waals surface area contributed by atoms with Crippen molar-refractivity contribution in [3.8, 4) is 11.3 Å². The van der Waals surface area contributed by atoms with E-state index in [0.717, 1.165) is 30.5 Å². The molecule has 0 radical (unpaired) electrons. The number of amides is 2. The fourth-order valence-electron chi connectivity index (χ4n) is 3.76. The van der Waals surface area contributed by atoms with Crippen LogP contribution in [-0.4, -0.2) is 64.0 Å². The molecule has 2 aromatic rings. The van der Waals surface area contributed by atoms with Gasteiger partial charge in [0.05, 0.1) is 17.9 Å². The number of hydrogen-bond acceptors (Lipinski definition) is 6. The molecular formula is C23H25N5O3. The van der Waals surface area contributed by atoms with Gasteiger partial charge in [-0.05, 0) is 49.9 Å². The van der Waals surface area contributed by atoms with Crippen molar-refractivity contribution in [2.24, 2.45) is 0 Å². The van der Waals surface area contributed by atoms with Crippen LogP contribution in [0, 0.1) is 0 Å². The van der Waals surface area contributed by atoms with Crippen LogP contribution in [0.15, 0.2) is 54.0 Å². The highest BCUT2D eigenvalue weighted by Gasteiger charge is 2.34. The molecule has 1 aliphatic heterocycles. The van der Waals surface area contributed by atoms with Crippen molar-refractivity contribution in [3.05, 3.63) is 54.0 Å². The molecule has 1 saturated carbocycles. The summed E-state index contributed by atoms with van der Waals surface area (Å²) in [7, 11) is 1.78. The fourth-order valence-corrected chi connectivity index (χ4v) is 3.76. The Kier molecular flexibility index (Phi) is 6.06. The van der Waals surface area contributed by atoms with E-state index in [4.69, 9.17) is 0 Å². The highest BCUT2D eigenvalue weighted by molar-refractivity contribution is 6.00. The van der Waals surface area contributed by atoms with Crippen molar-refractivity contribution in [3.63, 3.8) is 0 Å². The number of pyridine rings is 2. The van der Waals surface area contributed by atoms with Crippen LogP contribution in [-0.2, 0) is 14.4 Å². The van der Waals surface area contributed by atoms with Gasteiger partial charge in [0.1, 0.15) is 5.82 Å². The van der Waals surface area contributed by atoms with Crippen molar-refractivity contribution in [1.82, 2.24) is 19.8 Å². The molecule has 1 fully saturated rings. The third-order valence-corrected chi connectivity index (χ3v) is 5.62. The summed E-state index contributed by atoms with van der Waals surface area (Å²) in [5.41, 5.74) is 2.47. The lowest BCUT2D eigenvalue weighted by atomic mass is 10.0. The van der Waals surface area contributed by atoms with Crippen LogP contribution < -0.4 is 5.32 Å². The van der Waals surface area contributed by atoms with Gasteiger partial charge in [0.2, 0.25) is 5.91 Å². The van der Waals surface area contributed by atoms with E-state index in [9.17, 15) is 14.4 Å². The van der Waals surface area contributed by atoms with E-state index in [1.165, 1.54) is 0 Å². The second kappa shape index (κ2) is 9.07. The topological polar surface area (TPSA) is 95.5 Å². The maximum absolute atomic E-state index is 12.8. The Bertz CT molecular complexity index is 1000.